The van der Waals surface area contributed by atoms with Crippen LogP contribution in [0.15, 0.2) is 18.2 Å². The second-order valence-corrected chi connectivity index (χ2v) is 7.58. The fraction of sp³-hybridized carbons (Fsp3) is 0.619. The highest BCUT2D eigenvalue weighted by Crippen LogP contribution is 2.22. The number of rotatable bonds is 7. The summed E-state index contributed by atoms with van der Waals surface area (Å²) in [6, 6.07) is 6.32. The van der Waals surface area contributed by atoms with Crippen LogP contribution in [0.2, 0.25) is 0 Å². The minimum Gasteiger partial charge on any atom is -0.342 e. The number of nitrogens with zero attached hydrogens (tertiary/aromatic N) is 3. The number of aryl methyl sites for hydroxylation is 1. The van der Waals surface area contributed by atoms with Gasteiger partial charge < -0.3 is 9.88 Å². The molecule has 0 bridgehead atoms. The third kappa shape index (κ3) is 4.44. The Morgan fingerprint density at radius 1 is 1.23 bits per heavy atom. The predicted molar refractivity (Wildman–Crippen MR) is 106 cm³/mol. The van der Waals surface area contributed by atoms with Gasteiger partial charge in [0, 0.05) is 19.0 Å². The number of H-pyrrole nitrogens is 1. The largest absolute Gasteiger partial charge is 0.342 e. The molecule has 3 rings (SSSR count). The van der Waals surface area contributed by atoms with Crippen molar-refractivity contribution in [2.24, 2.45) is 5.92 Å². The number of piperidine rings is 1. The van der Waals surface area contributed by atoms with Crippen LogP contribution in [-0.4, -0.2) is 51.9 Å². The Labute approximate surface area is 156 Å². The van der Waals surface area contributed by atoms with E-state index in [1.165, 1.54) is 5.56 Å². The van der Waals surface area contributed by atoms with Gasteiger partial charge in [0.25, 0.3) is 0 Å². The first-order valence-electron chi connectivity index (χ1n) is 10.1. The zero-order valence-corrected chi connectivity index (χ0v) is 16.4. The lowest BCUT2D eigenvalue weighted by atomic mass is 9.95. The average Bonchev–Trinajstić information content (AvgIpc) is 3.03. The van der Waals surface area contributed by atoms with Crippen LogP contribution in [0.4, 0.5) is 0 Å². The summed E-state index contributed by atoms with van der Waals surface area (Å²) in [6.07, 6.45) is 4.00. The maximum atomic E-state index is 12.8. The zero-order chi connectivity index (χ0) is 18.5. The fourth-order valence-electron chi connectivity index (χ4n) is 3.93. The van der Waals surface area contributed by atoms with Crippen LogP contribution in [0, 0.1) is 12.8 Å². The summed E-state index contributed by atoms with van der Waals surface area (Å²) < 4.78 is 0. The first-order valence-corrected chi connectivity index (χ1v) is 10.1. The van der Waals surface area contributed by atoms with Crippen LogP contribution in [0.1, 0.15) is 50.9 Å². The molecule has 1 aliphatic heterocycles. The molecule has 5 heteroatoms. The summed E-state index contributed by atoms with van der Waals surface area (Å²) in [6.45, 7) is 11.0. The molecule has 2 aromatic rings. The number of hydrogen-bond acceptors (Lipinski definition) is 3. The first kappa shape index (κ1) is 18.9. The molecule has 0 saturated carbocycles. The normalized spacial score (nSPS) is 16.3. The molecule has 142 valence electrons. The van der Waals surface area contributed by atoms with E-state index in [-0.39, 0.29) is 5.92 Å². The second-order valence-electron chi connectivity index (χ2n) is 7.58. The number of aromatic nitrogens is 2. The van der Waals surface area contributed by atoms with E-state index >= 15 is 0 Å². The van der Waals surface area contributed by atoms with Crippen molar-refractivity contribution in [1.82, 2.24) is 19.8 Å². The Morgan fingerprint density at radius 3 is 2.58 bits per heavy atom. The van der Waals surface area contributed by atoms with Crippen molar-refractivity contribution in [3.8, 4) is 0 Å². The highest BCUT2D eigenvalue weighted by Gasteiger charge is 2.28. The smallest absolute Gasteiger partial charge is 0.225 e. The lowest BCUT2D eigenvalue weighted by Crippen LogP contribution is -2.43. The van der Waals surface area contributed by atoms with Gasteiger partial charge in [-0.05, 0) is 63.4 Å². The third-order valence-corrected chi connectivity index (χ3v) is 5.30. The molecule has 0 spiro atoms. The number of carbonyl (C=O) groups excluding carboxylic acids is 1. The van der Waals surface area contributed by atoms with Crippen molar-refractivity contribution in [3.63, 3.8) is 0 Å². The van der Waals surface area contributed by atoms with Crippen LogP contribution in [0.3, 0.4) is 0 Å². The van der Waals surface area contributed by atoms with Gasteiger partial charge >= 0.3 is 0 Å². The molecule has 1 amide bonds. The second kappa shape index (κ2) is 8.67. The van der Waals surface area contributed by atoms with Crippen molar-refractivity contribution < 1.29 is 4.79 Å². The standard InChI is InChI=1S/C21H32N4O/c1-4-10-25(11-5-2)21(26)17-8-12-24(13-9-17)15-20-22-18-7-6-16(3)14-19(18)23-20/h6-7,14,17H,4-5,8-13,15H2,1-3H3,(H,22,23). The monoisotopic (exact) mass is 356 g/mol. The van der Waals surface area contributed by atoms with Crippen molar-refractivity contribution in [3.05, 3.63) is 29.6 Å². The molecule has 1 aromatic carbocycles. The molecule has 1 saturated heterocycles. The lowest BCUT2D eigenvalue weighted by Gasteiger charge is -2.33. The SMILES string of the molecule is CCCN(CCC)C(=O)C1CCN(Cc2nc3ccc(C)cc3[nH]2)CC1. The summed E-state index contributed by atoms with van der Waals surface area (Å²) in [5, 5.41) is 0. The molecule has 0 radical (unpaired) electrons. The topological polar surface area (TPSA) is 52.2 Å². The highest BCUT2D eigenvalue weighted by atomic mass is 16.2. The van der Waals surface area contributed by atoms with E-state index in [9.17, 15) is 4.79 Å². The van der Waals surface area contributed by atoms with Crippen molar-refractivity contribution in [1.29, 1.82) is 0 Å². The zero-order valence-electron chi connectivity index (χ0n) is 16.4. The predicted octanol–water partition coefficient (Wildman–Crippen LogP) is 3.73. The molecule has 1 fully saturated rings. The Morgan fingerprint density at radius 2 is 1.92 bits per heavy atom. The number of amides is 1. The van der Waals surface area contributed by atoms with Gasteiger partial charge in [0.15, 0.2) is 0 Å². The van der Waals surface area contributed by atoms with Crippen molar-refractivity contribution in [2.75, 3.05) is 26.2 Å². The van der Waals surface area contributed by atoms with Gasteiger partial charge in [0.05, 0.1) is 17.6 Å². The summed E-state index contributed by atoms with van der Waals surface area (Å²) in [4.78, 5) is 25.4. The van der Waals surface area contributed by atoms with Crippen molar-refractivity contribution in [2.45, 2.75) is 53.0 Å². The van der Waals surface area contributed by atoms with Gasteiger partial charge in [0.1, 0.15) is 5.82 Å². The minimum atomic E-state index is 0.197. The molecule has 1 aromatic heterocycles. The van der Waals surface area contributed by atoms with Crippen LogP contribution in [0.5, 0.6) is 0 Å². The van der Waals surface area contributed by atoms with E-state index in [1.54, 1.807) is 0 Å². The number of likely N-dealkylation sites (tertiary alicyclic amines) is 1. The van der Waals surface area contributed by atoms with Crippen LogP contribution >= 0.6 is 0 Å². The van der Waals surface area contributed by atoms with E-state index in [0.29, 0.717) is 5.91 Å². The molecule has 2 heterocycles. The van der Waals surface area contributed by atoms with E-state index in [1.807, 2.05) is 0 Å². The number of aromatic amines is 1. The number of fused-ring (bicyclic) bond motifs is 1. The number of benzene rings is 1. The van der Waals surface area contributed by atoms with Gasteiger partial charge in [-0.15, -0.1) is 0 Å². The summed E-state index contributed by atoms with van der Waals surface area (Å²) in [5.74, 6) is 1.59. The number of imidazole rings is 1. The molecular weight excluding hydrogens is 324 g/mol. The molecule has 0 atom stereocenters. The number of carbonyl (C=O) groups is 1. The summed E-state index contributed by atoms with van der Waals surface area (Å²) in [5.41, 5.74) is 3.39. The van der Waals surface area contributed by atoms with E-state index in [4.69, 9.17) is 4.98 Å². The van der Waals surface area contributed by atoms with Gasteiger partial charge in [-0.25, -0.2) is 4.98 Å². The van der Waals surface area contributed by atoms with Crippen LogP contribution < -0.4 is 0 Å². The number of nitrogens with one attached hydrogen (secondary N) is 1. The summed E-state index contributed by atoms with van der Waals surface area (Å²) in [7, 11) is 0. The lowest BCUT2D eigenvalue weighted by molar-refractivity contribution is -0.137. The fourth-order valence-corrected chi connectivity index (χ4v) is 3.93. The summed E-state index contributed by atoms with van der Waals surface area (Å²) >= 11 is 0. The van der Waals surface area contributed by atoms with Crippen LogP contribution in [-0.2, 0) is 11.3 Å². The van der Waals surface area contributed by atoms with Crippen molar-refractivity contribution >= 4 is 16.9 Å². The molecule has 0 unspecified atom stereocenters. The van der Waals surface area contributed by atoms with Gasteiger partial charge in [-0.2, -0.15) is 0 Å². The molecule has 1 N–H and O–H groups in total. The molecule has 1 aliphatic rings. The quantitative estimate of drug-likeness (QED) is 0.822. The van der Waals surface area contributed by atoms with Gasteiger partial charge in [-0.1, -0.05) is 19.9 Å². The third-order valence-electron chi connectivity index (χ3n) is 5.30. The van der Waals surface area contributed by atoms with E-state index in [2.05, 4.69) is 53.8 Å². The van der Waals surface area contributed by atoms with E-state index < -0.39 is 0 Å². The Bertz CT molecular complexity index is 725. The highest BCUT2D eigenvalue weighted by molar-refractivity contribution is 5.79. The molecule has 0 aliphatic carbocycles. The first-order chi connectivity index (χ1) is 12.6. The molecular formula is C21H32N4O. The maximum absolute atomic E-state index is 12.8. The average molecular weight is 357 g/mol. The van der Waals surface area contributed by atoms with Gasteiger partial charge in [-0.3, -0.25) is 9.69 Å². The number of hydrogen-bond donors (Lipinski definition) is 1. The van der Waals surface area contributed by atoms with Gasteiger partial charge in [0.2, 0.25) is 5.91 Å². The molecule has 5 nitrogen and oxygen atoms in total. The Kier molecular flexibility index (Phi) is 6.30. The Hall–Kier alpha value is -1.88. The maximum Gasteiger partial charge on any atom is 0.225 e. The molecule has 26 heavy (non-hydrogen) atoms. The van der Waals surface area contributed by atoms with Crippen LogP contribution in [0.25, 0.3) is 11.0 Å². The van der Waals surface area contributed by atoms with E-state index in [0.717, 1.165) is 75.3 Å². The Balaban J connectivity index is 1.55. The minimum absolute atomic E-state index is 0.197.